The summed E-state index contributed by atoms with van der Waals surface area (Å²) in [5, 5.41) is 5.85. The van der Waals surface area contributed by atoms with Gasteiger partial charge < -0.3 is 15.4 Å². The number of carbonyl (C=O) groups is 1. The van der Waals surface area contributed by atoms with Crippen molar-refractivity contribution in [2.75, 3.05) is 13.2 Å². The Hall–Kier alpha value is -1.24. The van der Waals surface area contributed by atoms with E-state index in [4.69, 9.17) is 4.74 Å². The first-order chi connectivity index (χ1) is 9.49. The molecule has 1 aromatic carbocycles. The van der Waals surface area contributed by atoms with Gasteiger partial charge in [0.2, 0.25) is 5.91 Å². The fourth-order valence-electron chi connectivity index (χ4n) is 2.20. The van der Waals surface area contributed by atoms with Crippen molar-refractivity contribution in [3.63, 3.8) is 0 Å². The van der Waals surface area contributed by atoms with Crippen LogP contribution in [0.2, 0.25) is 0 Å². The lowest BCUT2D eigenvalue weighted by atomic mass is 10.1. The molecule has 0 saturated carbocycles. The van der Waals surface area contributed by atoms with E-state index in [1.165, 1.54) is 6.07 Å². The number of carbonyl (C=O) groups excluding carboxylic acids is 1. The highest BCUT2D eigenvalue weighted by molar-refractivity contribution is 5.85. The van der Waals surface area contributed by atoms with Gasteiger partial charge in [0.25, 0.3) is 0 Å². The first-order valence-electron chi connectivity index (χ1n) is 6.59. The van der Waals surface area contributed by atoms with Gasteiger partial charge in [0.05, 0.1) is 18.8 Å². The van der Waals surface area contributed by atoms with Gasteiger partial charge in [-0.05, 0) is 31.5 Å². The second kappa shape index (κ2) is 7.68. The van der Waals surface area contributed by atoms with E-state index in [0.717, 1.165) is 12.1 Å². The van der Waals surface area contributed by atoms with E-state index in [-0.39, 0.29) is 24.4 Å². The summed E-state index contributed by atoms with van der Waals surface area (Å²) in [4.78, 5) is 12.1. The zero-order valence-electron chi connectivity index (χ0n) is 11.9. The largest absolute Gasteiger partial charge is 0.375 e. The first kappa shape index (κ1) is 17.8. The maximum atomic E-state index is 13.2. The number of ether oxygens (including phenoxy) is 1. The molecule has 7 heteroatoms. The van der Waals surface area contributed by atoms with E-state index < -0.39 is 23.7 Å². The molecule has 2 N–H and O–H groups in total. The van der Waals surface area contributed by atoms with E-state index in [1.807, 2.05) is 6.92 Å². The van der Waals surface area contributed by atoms with Crippen molar-refractivity contribution in [2.45, 2.75) is 32.0 Å². The van der Waals surface area contributed by atoms with Gasteiger partial charge in [-0.15, -0.1) is 12.4 Å². The molecule has 1 aliphatic rings. The predicted molar refractivity (Wildman–Crippen MR) is 77.4 cm³/mol. The van der Waals surface area contributed by atoms with Crippen LogP contribution in [0.15, 0.2) is 18.2 Å². The summed E-state index contributed by atoms with van der Waals surface area (Å²) in [7, 11) is 0. The van der Waals surface area contributed by atoms with Gasteiger partial charge >= 0.3 is 0 Å². The summed E-state index contributed by atoms with van der Waals surface area (Å²) < 4.78 is 31.5. The minimum atomic E-state index is -0.920. The maximum absolute atomic E-state index is 13.2. The van der Waals surface area contributed by atoms with Crippen molar-refractivity contribution in [3.05, 3.63) is 35.4 Å². The summed E-state index contributed by atoms with van der Waals surface area (Å²) in [6.07, 6.45) is -0.221. The summed E-state index contributed by atoms with van der Waals surface area (Å²) in [5.74, 6) is -2.03. The molecule has 0 radical (unpaired) electrons. The van der Waals surface area contributed by atoms with Crippen LogP contribution in [-0.4, -0.2) is 31.2 Å². The van der Waals surface area contributed by atoms with Gasteiger partial charge in [-0.1, -0.05) is 6.07 Å². The second-order valence-electron chi connectivity index (χ2n) is 4.91. The fourth-order valence-corrected chi connectivity index (χ4v) is 2.20. The lowest BCUT2D eigenvalue weighted by Crippen LogP contribution is -2.55. The number of benzene rings is 1. The topological polar surface area (TPSA) is 50.4 Å². The fraction of sp³-hybridized carbons (Fsp3) is 0.500. The third-order valence-electron chi connectivity index (χ3n) is 3.40. The normalized spacial score (nSPS) is 23.0. The SMILES string of the molecule is CC(NC(=O)[C@H]1NCCO[C@@H]1C)c1ccc(F)c(F)c1.Cl. The summed E-state index contributed by atoms with van der Waals surface area (Å²) in [6.45, 7) is 4.73. The number of hydrogen-bond donors (Lipinski definition) is 2. The number of rotatable bonds is 3. The van der Waals surface area contributed by atoms with E-state index >= 15 is 0 Å². The van der Waals surface area contributed by atoms with Gasteiger partial charge in [-0.2, -0.15) is 0 Å². The second-order valence-corrected chi connectivity index (χ2v) is 4.91. The Morgan fingerprint density at radius 2 is 2.14 bits per heavy atom. The minimum Gasteiger partial charge on any atom is -0.375 e. The number of morpholine rings is 1. The van der Waals surface area contributed by atoms with Crippen molar-refractivity contribution >= 4 is 18.3 Å². The van der Waals surface area contributed by atoms with Crippen LogP contribution in [0.3, 0.4) is 0 Å². The van der Waals surface area contributed by atoms with E-state index in [9.17, 15) is 13.6 Å². The van der Waals surface area contributed by atoms with Crippen LogP contribution in [0.4, 0.5) is 8.78 Å². The highest BCUT2D eigenvalue weighted by Crippen LogP contribution is 2.16. The van der Waals surface area contributed by atoms with E-state index in [2.05, 4.69) is 10.6 Å². The Morgan fingerprint density at radius 1 is 1.43 bits per heavy atom. The molecule has 1 aliphatic heterocycles. The lowest BCUT2D eigenvalue weighted by Gasteiger charge is -2.30. The molecule has 0 bridgehead atoms. The van der Waals surface area contributed by atoms with Crippen molar-refractivity contribution in [3.8, 4) is 0 Å². The van der Waals surface area contributed by atoms with Crippen LogP contribution in [-0.2, 0) is 9.53 Å². The lowest BCUT2D eigenvalue weighted by molar-refractivity contribution is -0.129. The van der Waals surface area contributed by atoms with Crippen molar-refractivity contribution in [1.29, 1.82) is 0 Å². The molecule has 1 heterocycles. The van der Waals surface area contributed by atoms with Gasteiger partial charge in [0.15, 0.2) is 11.6 Å². The van der Waals surface area contributed by atoms with Crippen molar-refractivity contribution in [2.24, 2.45) is 0 Å². The molecule has 1 amide bonds. The van der Waals surface area contributed by atoms with Crippen LogP contribution >= 0.6 is 12.4 Å². The predicted octanol–water partition coefficient (Wildman–Crippen LogP) is 1.94. The molecule has 1 saturated heterocycles. The number of halogens is 3. The molecule has 4 nitrogen and oxygen atoms in total. The quantitative estimate of drug-likeness (QED) is 0.895. The van der Waals surface area contributed by atoms with Gasteiger partial charge in [-0.25, -0.2) is 8.78 Å². The van der Waals surface area contributed by atoms with Crippen LogP contribution in [0.1, 0.15) is 25.5 Å². The Bertz CT molecular complexity index is 502. The molecule has 1 fully saturated rings. The molecule has 0 spiro atoms. The molecule has 118 valence electrons. The molecular formula is C14H19ClF2N2O2. The van der Waals surface area contributed by atoms with Crippen LogP contribution < -0.4 is 10.6 Å². The monoisotopic (exact) mass is 320 g/mol. The summed E-state index contributed by atoms with van der Waals surface area (Å²) in [5.41, 5.74) is 0.515. The Morgan fingerprint density at radius 3 is 2.76 bits per heavy atom. The third kappa shape index (κ3) is 4.36. The zero-order valence-corrected chi connectivity index (χ0v) is 12.7. The number of amides is 1. The Kier molecular flexibility index (Phi) is 6.51. The molecule has 1 unspecified atom stereocenters. The number of nitrogens with one attached hydrogen (secondary N) is 2. The highest BCUT2D eigenvalue weighted by Gasteiger charge is 2.29. The van der Waals surface area contributed by atoms with Crippen LogP contribution in [0, 0.1) is 11.6 Å². The molecule has 21 heavy (non-hydrogen) atoms. The van der Waals surface area contributed by atoms with Crippen LogP contribution in [0.25, 0.3) is 0 Å². The third-order valence-corrected chi connectivity index (χ3v) is 3.40. The molecular weight excluding hydrogens is 302 g/mol. The van der Waals surface area contributed by atoms with Gasteiger partial charge in [0.1, 0.15) is 6.04 Å². The van der Waals surface area contributed by atoms with Gasteiger partial charge in [0, 0.05) is 6.54 Å². The smallest absolute Gasteiger partial charge is 0.240 e. The summed E-state index contributed by atoms with van der Waals surface area (Å²) >= 11 is 0. The number of hydrogen-bond acceptors (Lipinski definition) is 3. The zero-order chi connectivity index (χ0) is 14.7. The minimum absolute atomic E-state index is 0. The van der Waals surface area contributed by atoms with E-state index in [0.29, 0.717) is 18.7 Å². The molecule has 0 aromatic heterocycles. The average Bonchev–Trinajstić information content (AvgIpc) is 2.42. The first-order valence-corrected chi connectivity index (χ1v) is 6.59. The van der Waals surface area contributed by atoms with Crippen molar-refractivity contribution in [1.82, 2.24) is 10.6 Å². The van der Waals surface area contributed by atoms with E-state index in [1.54, 1.807) is 6.92 Å². The molecule has 3 atom stereocenters. The molecule has 2 rings (SSSR count). The Balaban J connectivity index is 0.00000220. The Labute approximate surface area is 128 Å². The molecule has 1 aromatic rings. The standard InChI is InChI=1S/C14H18F2N2O2.ClH/c1-8(10-3-4-11(15)12(16)7-10)18-14(19)13-9(2)20-6-5-17-13;/h3-4,7-9,13,17H,5-6H2,1-2H3,(H,18,19);1H/t8?,9-,13+;/m1./s1. The summed E-state index contributed by atoms with van der Waals surface area (Å²) in [6, 6.07) is 2.76. The van der Waals surface area contributed by atoms with Crippen molar-refractivity contribution < 1.29 is 18.3 Å². The molecule has 0 aliphatic carbocycles. The average molecular weight is 321 g/mol. The van der Waals surface area contributed by atoms with Gasteiger partial charge in [-0.3, -0.25) is 4.79 Å². The highest BCUT2D eigenvalue weighted by atomic mass is 35.5. The van der Waals surface area contributed by atoms with Crippen LogP contribution in [0.5, 0.6) is 0 Å². The maximum Gasteiger partial charge on any atom is 0.240 e.